The van der Waals surface area contributed by atoms with Crippen LogP contribution in [-0.2, 0) is 17.4 Å². The molecular formula is C23H26F3N3O3. The summed E-state index contributed by atoms with van der Waals surface area (Å²) >= 11 is 0. The molecule has 0 spiro atoms. The normalized spacial score (nSPS) is 17.4. The molecule has 2 N–H and O–H groups in total. The number of halogens is 3. The number of hydrogen-bond donors (Lipinski definition) is 2. The van der Waals surface area contributed by atoms with E-state index in [9.17, 15) is 18.3 Å². The number of aliphatic carboxylic acids is 1. The van der Waals surface area contributed by atoms with Gasteiger partial charge in [0.2, 0.25) is 0 Å². The molecule has 6 nitrogen and oxygen atoms in total. The number of aliphatic hydroxyl groups is 1. The third-order valence-corrected chi connectivity index (χ3v) is 5.97. The third-order valence-electron chi connectivity index (χ3n) is 5.97. The minimum absolute atomic E-state index is 0.348. The number of carbonyl (C=O) groups is 1. The van der Waals surface area contributed by atoms with Gasteiger partial charge in [-0.1, -0.05) is 36.4 Å². The van der Waals surface area contributed by atoms with E-state index in [0.717, 1.165) is 31.6 Å². The van der Waals surface area contributed by atoms with Gasteiger partial charge in [-0.15, -0.1) is 0 Å². The lowest BCUT2D eigenvalue weighted by atomic mass is 9.87. The van der Waals surface area contributed by atoms with E-state index in [0.29, 0.717) is 6.04 Å². The molecule has 0 bridgehead atoms. The summed E-state index contributed by atoms with van der Waals surface area (Å²) in [5.41, 5.74) is 1.50. The van der Waals surface area contributed by atoms with Crippen molar-refractivity contribution in [1.29, 1.82) is 0 Å². The Hall–Kier alpha value is -2.91. The molecular weight excluding hydrogens is 423 g/mol. The largest absolute Gasteiger partial charge is 0.490 e. The average Bonchev–Trinajstić information content (AvgIpc) is 3.20. The van der Waals surface area contributed by atoms with Gasteiger partial charge in [0.1, 0.15) is 5.60 Å². The fraction of sp³-hybridized carbons (Fsp3) is 0.391. The van der Waals surface area contributed by atoms with Crippen molar-refractivity contribution in [1.82, 2.24) is 14.7 Å². The highest BCUT2D eigenvalue weighted by molar-refractivity contribution is 5.83. The summed E-state index contributed by atoms with van der Waals surface area (Å²) in [4.78, 5) is 11.4. The molecule has 1 aliphatic heterocycles. The fourth-order valence-electron chi connectivity index (χ4n) is 4.05. The number of nitrogens with zero attached hydrogens (tertiary/aromatic N) is 3. The Balaban J connectivity index is 0.000000360. The second-order valence-electron chi connectivity index (χ2n) is 7.99. The van der Waals surface area contributed by atoms with Crippen molar-refractivity contribution in [2.75, 3.05) is 13.1 Å². The Labute approximate surface area is 183 Å². The molecule has 2 heterocycles. The average molecular weight is 449 g/mol. The van der Waals surface area contributed by atoms with Gasteiger partial charge >= 0.3 is 12.1 Å². The Bertz CT molecular complexity index is 1070. The molecule has 4 rings (SSSR count). The number of rotatable bonds is 3. The van der Waals surface area contributed by atoms with Crippen LogP contribution in [0.1, 0.15) is 37.1 Å². The first-order valence-corrected chi connectivity index (χ1v) is 10.2. The molecule has 1 unspecified atom stereocenters. The van der Waals surface area contributed by atoms with Crippen LogP contribution in [0.25, 0.3) is 10.8 Å². The van der Waals surface area contributed by atoms with Crippen molar-refractivity contribution < 1.29 is 28.2 Å². The number of hydrogen-bond acceptors (Lipinski definition) is 4. The van der Waals surface area contributed by atoms with Gasteiger partial charge in [0, 0.05) is 32.4 Å². The molecule has 3 aromatic rings. The van der Waals surface area contributed by atoms with E-state index in [2.05, 4.69) is 59.4 Å². The van der Waals surface area contributed by atoms with Crippen molar-refractivity contribution in [2.24, 2.45) is 7.05 Å². The maximum atomic E-state index is 11.0. The molecule has 1 saturated heterocycles. The zero-order chi connectivity index (χ0) is 23.5. The summed E-state index contributed by atoms with van der Waals surface area (Å²) < 4.78 is 33.5. The maximum Gasteiger partial charge on any atom is 0.490 e. The van der Waals surface area contributed by atoms with Gasteiger partial charge in [-0.25, -0.2) is 4.79 Å². The molecule has 1 fully saturated rings. The van der Waals surface area contributed by atoms with E-state index >= 15 is 0 Å². The van der Waals surface area contributed by atoms with Crippen molar-refractivity contribution in [3.05, 3.63) is 66.0 Å². The van der Waals surface area contributed by atoms with Crippen LogP contribution in [0.4, 0.5) is 13.2 Å². The van der Waals surface area contributed by atoms with Crippen LogP contribution in [0.2, 0.25) is 0 Å². The molecule has 9 heteroatoms. The lowest BCUT2D eigenvalue weighted by Gasteiger charge is -2.41. The smallest absolute Gasteiger partial charge is 0.475 e. The molecule has 1 aromatic heterocycles. The molecule has 2 aromatic carbocycles. The summed E-state index contributed by atoms with van der Waals surface area (Å²) in [6.45, 7) is 4.03. The first-order valence-electron chi connectivity index (χ1n) is 10.2. The number of benzene rings is 2. The quantitative estimate of drug-likeness (QED) is 0.625. The van der Waals surface area contributed by atoms with E-state index < -0.39 is 17.7 Å². The first-order chi connectivity index (χ1) is 15.0. The van der Waals surface area contributed by atoms with E-state index in [1.54, 1.807) is 10.9 Å². The molecule has 0 aliphatic carbocycles. The van der Waals surface area contributed by atoms with Crippen LogP contribution in [0, 0.1) is 0 Å². The number of likely N-dealkylation sites (tertiary alicyclic amines) is 1. The highest BCUT2D eigenvalue weighted by Crippen LogP contribution is 2.35. The standard InChI is InChI=1S/C21H25N3O.C2HF3O2/c1-16(18-8-7-17-5-3-4-6-19(17)15-18)24-13-10-21(25,11-14-24)20-9-12-22-23(20)2;3-2(4,5)1(6)7/h3-9,12,15-16,25H,10-11,13-14H2,1-2H3;(H,6,7). The minimum Gasteiger partial charge on any atom is -0.475 e. The SMILES string of the molecule is CC(c1ccc2ccccc2c1)N1CCC(O)(c2ccnn2C)CC1.O=C(O)C(F)(F)F. The van der Waals surface area contributed by atoms with Gasteiger partial charge in [0.05, 0.1) is 5.69 Å². The second kappa shape index (κ2) is 9.30. The summed E-state index contributed by atoms with van der Waals surface area (Å²) in [6, 6.07) is 17.5. The Morgan fingerprint density at radius 2 is 1.69 bits per heavy atom. The number of alkyl halides is 3. The molecule has 0 radical (unpaired) electrons. The van der Waals surface area contributed by atoms with Gasteiger partial charge in [-0.3, -0.25) is 9.58 Å². The van der Waals surface area contributed by atoms with Crippen LogP contribution in [0.5, 0.6) is 0 Å². The van der Waals surface area contributed by atoms with E-state index in [-0.39, 0.29) is 0 Å². The van der Waals surface area contributed by atoms with Crippen LogP contribution < -0.4 is 0 Å². The number of carboxylic acid groups (broad SMARTS) is 1. The lowest BCUT2D eigenvalue weighted by Crippen LogP contribution is -2.44. The van der Waals surface area contributed by atoms with Crippen molar-refractivity contribution in [3.63, 3.8) is 0 Å². The van der Waals surface area contributed by atoms with Crippen LogP contribution in [0.15, 0.2) is 54.7 Å². The number of aryl methyl sites for hydroxylation is 1. The van der Waals surface area contributed by atoms with E-state index in [1.165, 1.54) is 16.3 Å². The van der Waals surface area contributed by atoms with Gasteiger partial charge < -0.3 is 10.2 Å². The van der Waals surface area contributed by atoms with Crippen LogP contribution in [0.3, 0.4) is 0 Å². The zero-order valence-corrected chi connectivity index (χ0v) is 17.9. The van der Waals surface area contributed by atoms with E-state index in [1.807, 2.05) is 13.1 Å². The number of piperidine rings is 1. The summed E-state index contributed by atoms with van der Waals surface area (Å²) in [7, 11) is 1.90. The summed E-state index contributed by atoms with van der Waals surface area (Å²) in [5.74, 6) is -2.76. The summed E-state index contributed by atoms with van der Waals surface area (Å²) in [6.07, 6.45) is -1.84. The fourth-order valence-corrected chi connectivity index (χ4v) is 4.05. The monoisotopic (exact) mass is 449 g/mol. The number of fused-ring (bicyclic) bond motifs is 1. The van der Waals surface area contributed by atoms with Crippen LogP contribution in [-0.4, -0.2) is 50.1 Å². The van der Waals surface area contributed by atoms with Crippen molar-refractivity contribution in [3.8, 4) is 0 Å². The van der Waals surface area contributed by atoms with Gasteiger partial charge in [-0.2, -0.15) is 18.3 Å². The molecule has 1 atom stereocenters. The number of carboxylic acids is 1. The lowest BCUT2D eigenvalue weighted by molar-refractivity contribution is -0.192. The Kier molecular flexibility index (Phi) is 6.90. The molecule has 0 saturated carbocycles. The van der Waals surface area contributed by atoms with Crippen molar-refractivity contribution >= 4 is 16.7 Å². The zero-order valence-electron chi connectivity index (χ0n) is 17.9. The third kappa shape index (κ3) is 5.28. The predicted molar refractivity (Wildman–Crippen MR) is 114 cm³/mol. The molecule has 172 valence electrons. The Morgan fingerprint density at radius 1 is 1.09 bits per heavy atom. The topological polar surface area (TPSA) is 78.6 Å². The number of aromatic nitrogens is 2. The maximum absolute atomic E-state index is 11.0. The predicted octanol–water partition coefficient (Wildman–Crippen LogP) is 4.25. The van der Waals surface area contributed by atoms with Gasteiger partial charge in [0.25, 0.3) is 0 Å². The highest BCUT2D eigenvalue weighted by atomic mass is 19.4. The molecule has 0 amide bonds. The Morgan fingerprint density at radius 3 is 2.22 bits per heavy atom. The van der Waals surface area contributed by atoms with Gasteiger partial charge in [-0.05, 0) is 48.2 Å². The first kappa shape index (κ1) is 23.7. The van der Waals surface area contributed by atoms with Crippen LogP contribution >= 0.6 is 0 Å². The highest BCUT2D eigenvalue weighted by Gasteiger charge is 2.38. The minimum atomic E-state index is -5.08. The molecule has 32 heavy (non-hydrogen) atoms. The summed E-state index contributed by atoms with van der Waals surface area (Å²) in [5, 5.41) is 24.9. The second-order valence-corrected chi connectivity index (χ2v) is 7.99. The van der Waals surface area contributed by atoms with E-state index in [4.69, 9.17) is 9.90 Å². The van der Waals surface area contributed by atoms with Gasteiger partial charge in [0.15, 0.2) is 0 Å². The molecule has 1 aliphatic rings. The van der Waals surface area contributed by atoms with Crippen molar-refractivity contribution in [2.45, 2.75) is 37.6 Å².